The second kappa shape index (κ2) is 12.2. The molecule has 1 heterocycles. The molecular formula is C23H31N5O3S. The molecule has 1 fully saturated rings. The molecule has 0 atom stereocenters. The van der Waals surface area contributed by atoms with Crippen molar-refractivity contribution in [1.29, 1.82) is 0 Å². The molecule has 8 nitrogen and oxygen atoms in total. The van der Waals surface area contributed by atoms with Crippen LogP contribution in [0.2, 0.25) is 0 Å². The fraction of sp³-hybridized carbons (Fsp3) is 0.478. The maximum Gasteiger partial charge on any atom is 0.260 e. The zero-order chi connectivity index (χ0) is 22.8. The third kappa shape index (κ3) is 7.05. The number of carbonyl (C=O) groups excluding carboxylic acids is 3. The number of thiocarbonyl (C=S) groups is 1. The predicted molar refractivity (Wildman–Crippen MR) is 127 cm³/mol. The minimum atomic E-state index is -0.421. The molecule has 1 aromatic carbocycles. The highest BCUT2D eigenvalue weighted by Gasteiger charge is 2.28. The summed E-state index contributed by atoms with van der Waals surface area (Å²) < 4.78 is 0. The molecule has 2 aliphatic rings. The van der Waals surface area contributed by atoms with Gasteiger partial charge in [0, 0.05) is 25.2 Å². The number of amides is 3. The number of hydrogen-bond acceptors (Lipinski definition) is 4. The third-order valence-corrected chi connectivity index (χ3v) is 5.90. The van der Waals surface area contributed by atoms with Gasteiger partial charge >= 0.3 is 0 Å². The van der Waals surface area contributed by atoms with Gasteiger partial charge in [-0.2, -0.15) is 0 Å². The molecule has 1 aromatic rings. The monoisotopic (exact) mass is 457 g/mol. The molecule has 0 spiro atoms. The minimum Gasteiger partial charge on any atom is -0.361 e. The second-order valence-electron chi connectivity index (χ2n) is 7.91. The van der Waals surface area contributed by atoms with E-state index in [1.54, 1.807) is 34.3 Å². The van der Waals surface area contributed by atoms with E-state index in [4.69, 9.17) is 12.2 Å². The standard InChI is InChI=1S/C23H31N5O3S/c29-20(16-26-22(31)19-10-5-2-6-11-19)25-17-21(30)27-14-7-15-28(27)23(32)24-13-12-18-8-3-1-4-9-18/h2,5-6,8,10-11H,1,3-4,7,9,12-17H2,(H,24,32)(H,25,29)(H,26,31). The number of benzene rings is 1. The largest absolute Gasteiger partial charge is 0.361 e. The number of allylic oxidation sites excluding steroid dienone is 1. The van der Waals surface area contributed by atoms with Crippen LogP contribution >= 0.6 is 12.2 Å². The summed E-state index contributed by atoms with van der Waals surface area (Å²) in [4.78, 5) is 36.7. The van der Waals surface area contributed by atoms with E-state index in [0.717, 1.165) is 32.2 Å². The smallest absolute Gasteiger partial charge is 0.260 e. The Morgan fingerprint density at radius 3 is 2.44 bits per heavy atom. The SMILES string of the molecule is O=C(CNC(=O)c1ccccc1)NCC(=O)N1CCCN1C(=S)NCCC1=CCCCC1. The first-order valence-corrected chi connectivity index (χ1v) is 11.6. The highest BCUT2D eigenvalue weighted by atomic mass is 32.1. The summed E-state index contributed by atoms with van der Waals surface area (Å²) in [6, 6.07) is 8.65. The van der Waals surface area contributed by atoms with Gasteiger partial charge in [-0.05, 0) is 62.9 Å². The maximum absolute atomic E-state index is 12.6. The van der Waals surface area contributed by atoms with Gasteiger partial charge in [-0.3, -0.25) is 24.4 Å². The van der Waals surface area contributed by atoms with Crippen molar-refractivity contribution >= 4 is 35.1 Å². The lowest BCUT2D eigenvalue weighted by Crippen LogP contribution is -2.52. The fourth-order valence-corrected chi connectivity index (χ4v) is 4.11. The van der Waals surface area contributed by atoms with Crippen LogP contribution in [0, 0.1) is 0 Å². The molecule has 9 heteroatoms. The first-order valence-electron chi connectivity index (χ1n) is 11.2. The Morgan fingerprint density at radius 2 is 1.69 bits per heavy atom. The molecule has 3 N–H and O–H groups in total. The number of hydrazine groups is 1. The van der Waals surface area contributed by atoms with Crippen molar-refractivity contribution in [3.63, 3.8) is 0 Å². The highest BCUT2D eigenvalue weighted by molar-refractivity contribution is 7.80. The molecule has 1 aliphatic carbocycles. The fourth-order valence-electron chi connectivity index (χ4n) is 3.82. The quantitative estimate of drug-likeness (QED) is 0.407. The van der Waals surface area contributed by atoms with Crippen LogP contribution in [-0.4, -0.2) is 65.6 Å². The number of carbonyl (C=O) groups is 3. The summed E-state index contributed by atoms with van der Waals surface area (Å²) in [6.45, 7) is 1.64. The minimum absolute atomic E-state index is 0.147. The van der Waals surface area contributed by atoms with E-state index < -0.39 is 5.91 Å². The molecule has 1 saturated heterocycles. The summed E-state index contributed by atoms with van der Waals surface area (Å²) in [7, 11) is 0. The van der Waals surface area contributed by atoms with E-state index in [-0.39, 0.29) is 24.9 Å². The molecule has 0 radical (unpaired) electrons. The van der Waals surface area contributed by atoms with Gasteiger partial charge < -0.3 is 16.0 Å². The average Bonchev–Trinajstić information content (AvgIpc) is 3.32. The van der Waals surface area contributed by atoms with Crippen molar-refractivity contribution in [3.8, 4) is 0 Å². The first kappa shape index (κ1) is 23.7. The molecule has 0 unspecified atom stereocenters. The third-order valence-electron chi connectivity index (χ3n) is 5.54. The van der Waals surface area contributed by atoms with Crippen molar-refractivity contribution in [2.75, 3.05) is 32.7 Å². The van der Waals surface area contributed by atoms with Gasteiger partial charge in [0.2, 0.25) is 5.91 Å². The van der Waals surface area contributed by atoms with Gasteiger partial charge in [-0.15, -0.1) is 0 Å². The van der Waals surface area contributed by atoms with E-state index in [1.165, 1.54) is 18.4 Å². The molecule has 0 saturated carbocycles. The number of nitrogens with one attached hydrogen (secondary N) is 3. The summed E-state index contributed by atoms with van der Waals surface area (Å²) in [5.41, 5.74) is 1.95. The molecule has 32 heavy (non-hydrogen) atoms. The summed E-state index contributed by atoms with van der Waals surface area (Å²) in [5, 5.41) is 12.3. The van der Waals surface area contributed by atoms with E-state index in [2.05, 4.69) is 22.0 Å². The van der Waals surface area contributed by atoms with Crippen LogP contribution in [0.3, 0.4) is 0 Å². The Balaban J connectivity index is 1.37. The van der Waals surface area contributed by atoms with Crippen LogP contribution in [0.15, 0.2) is 42.0 Å². The zero-order valence-electron chi connectivity index (χ0n) is 18.3. The number of rotatable bonds is 8. The maximum atomic E-state index is 12.6. The van der Waals surface area contributed by atoms with Gasteiger partial charge in [0.05, 0.1) is 13.1 Å². The zero-order valence-corrected chi connectivity index (χ0v) is 19.1. The molecule has 0 bridgehead atoms. The number of hydrogen-bond donors (Lipinski definition) is 3. The van der Waals surface area contributed by atoms with Crippen LogP contribution in [-0.2, 0) is 9.59 Å². The van der Waals surface area contributed by atoms with Gasteiger partial charge in [-0.25, -0.2) is 0 Å². The highest BCUT2D eigenvalue weighted by Crippen LogP contribution is 2.19. The Morgan fingerprint density at radius 1 is 0.906 bits per heavy atom. The summed E-state index contributed by atoms with van der Waals surface area (Å²) in [6.07, 6.45) is 8.96. The van der Waals surface area contributed by atoms with Gasteiger partial charge in [0.1, 0.15) is 0 Å². The Bertz CT molecular complexity index is 858. The molecule has 0 aromatic heterocycles. The van der Waals surface area contributed by atoms with Crippen LogP contribution in [0.25, 0.3) is 0 Å². The van der Waals surface area contributed by atoms with Crippen molar-refractivity contribution in [3.05, 3.63) is 47.5 Å². The molecule has 3 amide bonds. The molecule has 1 aliphatic heterocycles. The Labute approximate surface area is 194 Å². The Hall–Kier alpha value is -2.94. The van der Waals surface area contributed by atoms with E-state index in [9.17, 15) is 14.4 Å². The molecule has 3 rings (SSSR count). The van der Waals surface area contributed by atoms with Crippen LogP contribution in [0.4, 0.5) is 0 Å². The summed E-state index contributed by atoms with van der Waals surface area (Å²) in [5.74, 6) is -0.989. The topological polar surface area (TPSA) is 93.8 Å². The lowest BCUT2D eigenvalue weighted by Gasteiger charge is -2.30. The molecule has 172 valence electrons. The first-order chi connectivity index (χ1) is 15.5. The van der Waals surface area contributed by atoms with E-state index in [0.29, 0.717) is 23.8 Å². The van der Waals surface area contributed by atoms with E-state index in [1.807, 2.05) is 6.07 Å². The van der Waals surface area contributed by atoms with Crippen molar-refractivity contribution in [2.24, 2.45) is 0 Å². The van der Waals surface area contributed by atoms with Crippen LogP contribution < -0.4 is 16.0 Å². The number of nitrogens with zero attached hydrogens (tertiary/aromatic N) is 2. The van der Waals surface area contributed by atoms with Crippen molar-refractivity contribution < 1.29 is 14.4 Å². The molecular weight excluding hydrogens is 426 g/mol. The summed E-state index contributed by atoms with van der Waals surface area (Å²) >= 11 is 5.50. The lowest BCUT2D eigenvalue weighted by molar-refractivity contribution is -0.139. The lowest BCUT2D eigenvalue weighted by atomic mass is 9.97. The second-order valence-corrected chi connectivity index (χ2v) is 8.30. The average molecular weight is 458 g/mol. The normalized spacial score (nSPS) is 15.7. The van der Waals surface area contributed by atoms with Crippen LogP contribution in [0.1, 0.15) is 48.9 Å². The Kier molecular flexibility index (Phi) is 9.03. The van der Waals surface area contributed by atoms with Crippen molar-refractivity contribution in [1.82, 2.24) is 26.0 Å². The van der Waals surface area contributed by atoms with E-state index >= 15 is 0 Å². The van der Waals surface area contributed by atoms with Gasteiger partial charge in [-0.1, -0.05) is 29.8 Å². The van der Waals surface area contributed by atoms with Crippen LogP contribution in [0.5, 0.6) is 0 Å². The van der Waals surface area contributed by atoms with Gasteiger partial charge in [0.25, 0.3) is 11.8 Å². The predicted octanol–water partition coefficient (Wildman–Crippen LogP) is 1.75. The van der Waals surface area contributed by atoms with Crippen molar-refractivity contribution in [2.45, 2.75) is 38.5 Å². The van der Waals surface area contributed by atoms with Gasteiger partial charge in [0.15, 0.2) is 5.11 Å².